The Balaban J connectivity index is 2.04. The van der Waals surface area contributed by atoms with Gasteiger partial charge in [0.25, 0.3) is 5.91 Å². The van der Waals surface area contributed by atoms with Gasteiger partial charge in [-0.05, 0) is 49.6 Å². The van der Waals surface area contributed by atoms with Crippen LogP contribution in [0.4, 0.5) is 5.69 Å². The van der Waals surface area contributed by atoms with E-state index in [9.17, 15) is 13.2 Å². The van der Waals surface area contributed by atoms with Gasteiger partial charge in [0.15, 0.2) is 0 Å². The van der Waals surface area contributed by atoms with E-state index in [1.54, 1.807) is 30.9 Å². The van der Waals surface area contributed by atoms with E-state index in [4.69, 9.17) is 4.74 Å². The first-order chi connectivity index (χ1) is 13.8. The highest BCUT2D eigenvalue weighted by atomic mass is 32.2. The maximum atomic E-state index is 13.3. The van der Waals surface area contributed by atoms with Crippen LogP contribution in [-0.2, 0) is 16.4 Å². The molecular weight excluding hydrogens is 388 g/mol. The smallest absolute Gasteiger partial charge is 0.258 e. The van der Waals surface area contributed by atoms with Gasteiger partial charge in [0.2, 0.25) is 10.0 Å². The second-order valence-corrected chi connectivity index (χ2v) is 9.05. The summed E-state index contributed by atoms with van der Waals surface area (Å²) in [6.45, 7) is 6.91. The van der Waals surface area contributed by atoms with Gasteiger partial charge in [-0.15, -0.1) is 0 Å². The molecule has 0 fully saturated rings. The van der Waals surface area contributed by atoms with E-state index in [1.165, 1.54) is 17.5 Å². The largest absolute Gasteiger partial charge is 0.495 e. The predicted molar refractivity (Wildman–Crippen MR) is 114 cm³/mol. The third kappa shape index (κ3) is 4.02. The number of fused-ring (bicyclic) bond motifs is 1. The van der Waals surface area contributed by atoms with Crippen molar-refractivity contribution < 1.29 is 17.9 Å². The highest BCUT2D eigenvalue weighted by molar-refractivity contribution is 7.89. The molecule has 0 aromatic heterocycles. The lowest BCUT2D eigenvalue weighted by Gasteiger charge is -2.30. The lowest BCUT2D eigenvalue weighted by molar-refractivity contribution is 0.0985. The van der Waals surface area contributed by atoms with E-state index < -0.39 is 10.0 Å². The fourth-order valence-electron chi connectivity index (χ4n) is 3.81. The van der Waals surface area contributed by atoms with E-state index in [-0.39, 0.29) is 16.6 Å². The van der Waals surface area contributed by atoms with E-state index in [0.717, 1.165) is 29.7 Å². The molecule has 0 atom stereocenters. The normalized spacial score (nSPS) is 14.0. The van der Waals surface area contributed by atoms with Gasteiger partial charge in [0.1, 0.15) is 10.6 Å². The third-order valence-corrected chi connectivity index (χ3v) is 7.40. The minimum atomic E-state index is -3.76. The number of methoxy groups -OCH3 is 1. The Morgan fingerprint density at radius 2 is 1.86 bits per heavy atom. The molecular formula is C22H28N2O4S. The zero-order valence-corrected chi connectivity index (χ0v) is 18.3. The van der Waals surface area contributed by atoms with Gasteiger partial charge in [-0.25, -0.2) is 8.42 Å². The van der Waals surface area contributed by atoms with Crippen LogP contribution in [0, 0.1) is 6.92 Å². The average Bonchev–Trinajstić information content (AvgIpc) is 2.72. The van der Waals surface area contributed by atoms with Crippen molar-refractivity contribution in [1.29, 1.82) is 0 Å². The van der Waals surface area contributed by atoms with Crippen molar-refractivity contribution in [3.63, 3.8) is 0 Å². The molecule has 0 saturated heterocycles. The topological polar surface area (TPSA) is 66.9 Å². The number of nitrogens with zero attached hydrogens (tertiary/aromatic N) is 2. The van der Waals surface area contributed by atoms with Crippen LogP contribution in [0.1, 0.15) is 41.8 Å². The number of sulfonamides is 1. The van der Waals surface area contributed by atoms with Gasteiger partial charge < -0.3 is 9.64 Å². The lowest BCUT2D eigenvalue weighted by atomic mass is 9.99. The quantitative estimate of drug-likeness (QED) is 0.721. The first-order valence-electron chi connectivity index (χ1n) is 9.93. The lowest BCUT2D eigenvalue weighted by Crippen LogP contribution is -2.36. The number of anilines is 1. The van der Waals surface area contributed by atoms with E-state index in [2.05, 4.69) is 6.07 Å². The molecule has 0 aliphatic carbocycles. The summed E-state index contributed by atoms with van der Waals surface area (Å²) in [5, 5.41) is 0. The van der Waals surface area contributed by atoms with E-state index in [1.807, 2.05) is 19.1 Å². The van der Waals surface area contributed by atoms with Crippen molar-refractivity contribution in [3.8, 4) is 5.75 Å². The number of amides is 1. The number of hydrogen-bond acceptors (Lipinski definition) is 4. The number of benzene rings is 2. The number of hydrogen-bond donors (Lipinski definition) is 0. The molecule has 0 spiro atoms. The molecule has 0 bridgehead atoms. The van der Waals surface area contributed by atoms with E-state index in [0.29, 0.717) is 25.2 Å². The molecule has 2 aromatic rings. The molecule has 1 aliphatic heterocycles. The number of aryl methyl sites for hydroxylation is 2. The Bertz CT molecular complexity index is 1010. The van der Waals surface area contributed by atoms with Gasteiger partial charge >= 0.3 is 0 Å². The minimum absolute atomic E-state index is 0.0238. The standard InChI is InChI=1S/C22H28N2O4S/c1-5-23(6-2)29(26,27)21-15-18(10-12-20(21)28-4)22(25)24-13-7-8-17-14-16(3)9-11-19(17)24/h9-12,14-15H,5-8,13H2,1-4H3. The molecule has 6 nitrogen and oxygen atoms in total. The summed E-state index contributed by atoms with van der Waals surface area (Å²) < 4.78 is 32.8. The number of ether oxygens (including phenoxy) is 1. The molecule has 156 valence electrons. The molecule has 7 heteroatoms. The zero-order valence-electron chi connectivity index (χ0n) is 17.4. The summed E-state index contributed by atoms with van der Waals surface area (Å²) in [5.41, 5.74) is 3.55. The van der Waals surface area contributed by atoms with Gasteiger partial charge in [-0.3, -0.25) is 4.79 Å². The summed E-state index contributed by atoms with van der Waals surface area (Å²) in [6.07, 6.45) is 1.81. The van der Waals surface area contributed by atoms with Crippen molar-refractivity contribution in [2.45, 2.75) is 38.5 Å². The second kappa shape index (κ2) is 8.55. The van der Waals surface area contributed by atoms with Crippen LogP contribution in [0.15, 0.2) is 41.3 Å². The maximum Gasteiger partial charge on any atom is 0.258 e. The summed E-state index contributed by atoms with van der Waals surface area (Å²) in [4.78, 5) is 15.1. The van der Waals surface area contributed by atoms with Gasteiger partial charge in [0, 0.05) is 30.9 Å². The summed E-state index contributed by atoms with van der Waals surface area (Å²) in [5.74, 6) is 0.0385. The molecule has 0 unspecified atom stereocenters. The highest BCUT2D eigenvalue weighted by Crippen LogP contribution is 2.32. The van der Waals surface area contributed by atoms with Gasteiger partial charge in [-0.2, -0.15) is 4.31 Å². The summed E-state index contributed by atoms with van der Waals surface area (Å²) in [6, 6.07) is 10.7. The maximum absolute atomic E-state index is 13.3. The molecule has 1 amide bonds. The van der Waals surface area contributed by atoms with Crippen LogP contribution >= 0.6 is 0 Å². The average molecular weight is 417 g/mol. The number of carbonyl (C=O) groups excluding carboxylic acids is 1. The van der Waals surface area contributed by atoms with Crippen LogP contribution in [0.3, 0.4) is 0 Å². The monoisotopic (exact) mass is 416 g/mol. The SMILES string of the molecule is CCN(CC)S(=O)(=O)c1cc(C(=O)N2CCCc3cc(C)ccc32)ccc1OC. The Morgan fingerprint density at radius 3 is 2.52 bits per heavy atom. The molecule has 1 aliphatic rings. The Morgan fingerprint density at radius 1 is 1.14 bits per heavy atom. The summed E-state index contributed by atoms with van der Waals surface area (Å²) in [7, 11) is -2.33. The van der Waals surface area contributed by atoms with Crippen LogP contribution < -0.4 is 9.64 Å². The Hall–Kier alpha value is -2.38. The molecule has 0 saturated carbocycles. The first-order valence-corrected chi connectivity index (χ1v) is 11.4. The molecule has 3 rings (SSSR count). The van der Waals surface area contributed by atoms with Gasteiger partial charge in [-0.1, -0.05) is 31.5 Å². The second-order valence-electron chi connectivity index (χ2n) is 7.15. The van der Waals surface area contributed by atoms with Crippen LogP contribution in [-0.4, -0.2) is 45.4 Å². The van der Waals surface area contributed by atoms with Crippen LogP contribution in [0.5, 0.6) is 5.75 Å². The van der Waals surface area contributed by atoms with Gasteiger partial charge in [0.05, 0.1) is 7.11 Å². The molecule has 2 aromatic carbocycles. The highest BCUT2D eigenvalue weighted by Gasteiger charge is 2.29. The fourth-order valence-corrected chi connectivity index (χ4v) is 5.45. The Labute approximate surface area is 173 Å². The van der Waals surface area contributed by atoms with Crippen molar-refractivity contribution in [1.82, 2.24) is 4.31 Å². The molecule has 29 heavy (non-hydrogen) atoms. The first kappa shape index (κ1) is 21.3. The summed E-state index contributed by atoms with van der Waals surface area (Å²) >= 11 is 0. The molecule has 1 heterocycles. The van der Waals surface area contributed by atoms with Crippen molar-refractivity contribution in [2.75, 3.05) is 31.6 Å². The molecule has 0 N–H and O–H groups in total. The van der Waals surface area contributed by atoms with Crippen LogP contribution in [0.25, 0.3) is 0 Å². The minimum Gasteiger partial charge on any atom is -0.495 e. The molecule has 0 radical (unpaired) electrons. The fraction of sp³-hybridized carbons (Fsp3) is 0.409. The van der Waals surface area contributed by atoms with Crippen molar-refractivity contribution in [2.24, 2.45) is 0 Å². The predicted octanol–water partition coefficient (Wildman–Crippen LogP) is 3.63. The van der Waals surface area contributed by atoms with E-state index >= 15 is 0 Å². The Kier molecular flexibility index (Phi) is 6.29. The number of carbonyl (C=O) groups is 1. The van der Waals surface area contributed by atoms with Crippen molar-refractivity contribution >= 4 is 21.6 Å². The van der Waals surface area contributed by atoms with Crippen LogP contribution in [0.2, 0.25) is 0 Å². The zero-order chi connectivity index (χ0) is 21.2. The number of rotatable bonds is 6. The van der Waals surface area contributed by atoms with Crippen molar-refractivity contribution in [3.05, 3.63) is 53.1 Å². The third-order valence-electron chi connectivity index (χ3n) is 5.33.